The molecule has 1 atom stereocenters. The topological polar surface area (TPSA) is 77.2 Å². The first-order chi connectivity index (χ1) is 14.4. The quantitative estimate of drug-likeness (QED) is 0.536. The number of carbonyl (C=O) groups is 1. The maximum Gasteiger partial charge on any atom is 0.255 e. The van der Waals surface area contributed by atoms with E-state index in [2.05, 4.69) is 36.3 Å². The fourth-order valence-corrected chi connectivity index (χ4v) is 3.10. The van der Waals surface area contributed by atoms with Gasteiger partial charge in [0.15, 0.2) is 0 Å². The molecule has 3 aromatic rings. The third-order valence-corrected chi connectivity index (χ3v) is 5.13. The van der Waals surface area contributed by atoms with E-state index in [-0.39, 0.29) is 11.7 Å². The molecule has 1 aromatic heterocycles. The van der Waals surface area contributed by atoms with Crippen molar-refractivity contribution in [1.29, 1.82) is 0 Å². The molecule has 0 saturated heterocycles. The second kappa shape index (κ2) is 9.92. The van der Waals surface area contributed by atoms with E-state index in [1.807, 2.05) is 43.3 Å². The van der Waals surface area contributed by atoms with Gasteiger partial charge in [0.2, 0.25) is 0 Å². The molecular formula is C25H29N3O2. The summed E-state index contributed by atoms with van der Waals surface area (Å²) in [4.78, 5) is 16.4. The van der Waals surface area contributed by atoms with Crippen molar-refractivity contribution in [2.24, 2.45) is 5.92 Å². The van der Waals surface area contributed by atoms with Crippen LogP contribution in [-0.2, 0) is 13.0 Å². The van der Waals surface area contributed by atoms with Crippen LogP contribution < -0.4 is 15.8 Å². The summed E-state index contributed by atoms with van der Waals surface area (Å²) in [6.45, 7) is 6.72. The number of carbonyl (C=O) groups excluding carboxylic acids is 1. The Labute approximate surface area is 178 Å². The monoisotopic (exact) mass is 403 g/mol. The standard InChI is InChI=1S/C25H29N3O2/c1-4-17(2)15-19-6-10-21(11-7-19)30-22-12-8-20(9-13-22)16-27-25(29)23-14-5-18(3)28-24(23)26/h5-14,17H,4,15-16H2,1-3H3,(H2,26,28)(H,27,29). The zero-order valence-electron chi connectivity index (χ0n) is 17.8. The normalized spacial score (nSPS) is 11.7. The number of aryl methyl sites for hydroxylation is 1. The number of benzene rings is 2. The molecule has 0 bridgehead atoms. The zero-order chi connectivity index (χ0) is 21.5. The number of rotatable bonds is 8. The Morgan fingerprint density at radius 3 is 2.17 bits per heavy atom. The number of ether oxygens (including phenoxy) is 1. The molecule has 0 spiro atoms. The van der Waals surface area contributed by atoms with E-state index in [1.54, 1.807) is 12.1 Å². The van der Waals surface area contributed by atoms with Gasteiger partial charge in [0.25, 0.3) is 5.91 Å². The highest BCUT2D eigenvalue weighted by atomic mass is 16.5. The van der Waals surface area contributed by atoms with Gasteiger partial charge in [0.05, 0.1) is 5.56 Å². The van der Waals surface area contributed by atoms with Crippen LogP contribution in [0.4, 0.5) is 5.82 Å². The Balaban J connectivity index is 1.54. The largest absolute Gasteiger partial charge is 0.457 e. The molecule has 30 heavy (non-hydrogen) atoms. The molecule has 2 aromatic carbocycles. The number of nitrogens with zero attached hydrogens (tertiary/aromatic N) is 1. The Morgan fingerprint density at radius 1 is 1.00 bits per heavy atom. The highest BCUT2D eigenvalue weighted by Crippen LogP contribution is 2.23. The number of nitrogens with two attached hydrogens (primary N) is 1. The first-order valence-corrected chi connectivity index (χ1v) is 10.3. The average molecular weight is 404 g/mol. The predicted molar refractivity (Wildman–Crippen MR) is 121 cm³/mol. The molecule has 0 aliphatic heterocycles. The molecule has 1 amide bonds. The summed E-state index contributed by atoms with van der Waals surface area (Å²) in [7, 11) is 0. The van der Waals surface area contributed by atoms with Crippen LogP contribution in [0.2, 0.25) is 0 Å². The van der Waals surface area contributed by atoms with E-state index in [0.29, 0.717) is 18.0 Å². The van der Waals surface area contributed by atoms with E-state index in [4.69, 9.17) is 10.5 Å². The molecule has 5 heteroatoms. The average Bonchev–Trinajstić information content (AvgIpc) is 2.74. The lowest BCUT2D eigenvalue weighted by Crippen LogP contribution is -2.24. The van der Waals surface area contributed by atoms with E-state index < -0.39 is 0 Å². The van der Waals surface area contributed by atoms with Gasteiger partial charge in [-0.2, -0.15) is 0 Å². The maximum atomic E-state index is 12.3. The zero-order valence-corrected chi connectivity index (χ0v) is 17.8. The highest BCUT2D eigenvalue weighted by molar-refractivity contribution is 5.98. The van der Waals surface area contributed by atoms with Gasteiger partial charge in [0.1, 0.15) is 17.3 Å². The number of aromatic nitrogens is 1. The first-order valence-electron chi connectivity index (χ1n) is 10.3. The Kier molecular flexibility index (Phi) is 7.07. The number of nitrogen functional groups attached to an aromatic ring is 1. The van der Waals surface area contributed by atoms with Gasteiger partial charge < -0.3 is 15.8 Å². The number of amides is 1. The third kappa shape index (κ3) is 5.83. The van der Waals surface area contributed by atoms with Gasteiger partial charge in [-0.05, 0) is 66.8 Å². The lowest BCUT2D eigenvalue weighted by Gasteiger charge is -2.11. The van der Waals surface area contributed by atoms with Crippen LogP contribution in [-0.4, -0.2) is 10.9 Å². The second-order valence-electron chi connectivity index (χ2n) is 7.68. The number of pyridine rings is 1. The second-order valence-corrected chi connectivity index (χ2v) is 7.68. The van der Waals surface area contributed by atoms with Crippen molar-refractivity contribution in [2.45, 2.75) is 40.2 Å². The fraction of sp³-hybridized carbons (Fsp3) is 0.280. The van der Waals surface area contributed by atoms with E-state index in [1.165, 1.54) is 12.0 Å². The molecule has 156 valence electrons. The van der Waals surface area contributed by atoms with Crippen LogP contribution in [0, 0.1) is 12.8 Å². The fourth-order valence-electron chi connectivity index (χ4n) is 3.10. The van der Waals surface area contributed by atoms with Crippen molar-refractivity contribution >= 4 is 11.7 Å². The van der Waals surface area contributed by atoms with Crippen LogP contribution in [0.1, 0.15) is 47.4 Å². The minimum Gasteiger partial charge on any atom is -0.457 e. The van der Waals surface area contributed by atoms with Gasteiger partial charge in [-0.1, -0.05) is 44.5 Å². The maximum absolute atomic E-state index is 12.3. The van der Waals surface area contributed by atoms with E-state index in [9.17, 15) is 4.79 Å². The van der Waals surface area contributed by atoms with Crippen LogP contribution in [0.3, 0.4) is 0 Å². The molecule has 1 heterocycles. The Morgan fingerprint density at radius 2 is 1.60 bits per heavy atom. The van der Waals surface area contributed by atoms with Gasteiger partial charge in [-0.25, -0.2) is 4.98 Å². The lowest BCUT2D eigenvalue weighted by atomic mass is 9.99. The van der Waals surface area contributed by atoms with Crippen LogP contribution in [0.25, 0.3) is 0 Å². The minimum absolute atomic E-state index is 0.238. The van der Waals surface area contributed by atoms with Crippen molar-refractivity contribution in [2.75, 3.05) is 5.73 Å². The number of hydrogen-bond donors (Lipinski definition) is 2. The van der Waals surface area contributed by atoms with Gasteiger partial charge in [0, 0.05) is 12.2 Å². The molecule has 1 unspecified atom stereocenters. The van der Waals surface area contributed by atoms with Gasteiger partial charge in [-0.3, -0.25) is 4.79 Å². The summed E-state index contributed by atoms with van der Waals surface area (Å²) >= 11 is 0. The van der Waals surface area contributed by atoms with Crippen molar-refractivity contribution in [3.63, 3.8) is 0 Å². The SMILES string of the molecule is CCC(C)Cc1ccc(Oc2ccc(CNC(=O)c3ccc(C)nc3N)cc2)cc1. The molecule has 0 radical (unpaired) electrons. The minimum atomic E-state index is -0.238. The molecule has 3 rings (SSSR count). The van der Waals surface area contributed by atoms with Gasteiger partial charge in [-0.15, -0.1) is 0 Å². The molecule has 3 N–H and O–H groups in total. The van der Waals surface area contributed by atoms with Crippen LogP contribution in [0.15, 0.2) is 60.7 Å². The van der Waals surface area contributed by atoms with Crippen molar-refractivity contribution in [3.05, 3.63) is 83.0 Å². The smallest absolute Gasteiger partial charge is 0.255 e. The molecule has 0 aliphatic carbocycles. The van der Waals surface area contributed by atoms with Crippen molar-refractivity contribution in [1.82, 2.24) is 10.3 Å². The molecule has 0 fully saturated rings. The number of nitrogens with one attached hydrogen (secondary N) is 1. The van der Waals surface area contributed by atoms with Gasteiger partial charge >= 0.3 is 0 Å². The highest BCUT2D eigenvalue weighted by Gasteiger charge is 2.10. The molecular weight excluding hydrogens is 374 g/mol. The van der Waals surface area contributed by atoms with Crippen LogP contribution >= 0.6 is 0 Å². The number of anilines is 1. The third-order valence-electron chi connectivity index (χ3n) is 5.13. The van der Waals surface area contributed by atoms with E-state index in [0.717, 1.165) is 29.2 Å². The van der Waals surface area contributed by atoms with Crippen molar-refractivity contribution < 1.29 is 9.53 Å². The van der Waals surface area contributed by atoms with Crippen LogP contribution in [0.5, 0.6) is 11.5 Å². The number of hydrogen-bond acceptors (Lipinski definition) is 4. The summed E-state index contributed by atoms with van der Waals surface area (Å²) in [5.74, 6) is 2.26. The Hall–Kier alpha value is -3.34. The predicted octanol–water partition coefficient (Wildman–Crippen LogP) is 5.28. The summed E-state index contributed by atoms with van der Waals surface area (Å²) in [6.07, 6.45) is 2.27. The Bertz CT molecular complexity index is 982. The summed E-state index contributed by atoms with van der Waals surface area (Å²) < 4.78 is 5.93. The summed E-state index contributed by atoms with van der Waals surface area (Å²) in [5.41, 5.74) is 9.30. The molecule has 0 aliphatic rings. The molecule has 0 saturated carbocycles. The molecule has 5 nitrogen and oxygen atoms in total. The summed E-state index contributed by atoms with van der Waals surface area (Å²) in [5, 5.41) is 2.87. The summed E-state index contributed by atoms with van der Waals surface area (Å²) in [6, 6.07) is 19.4. The van der Waals surface area contributed by atoms with E-state index >= 15 is 0 Å². The lowest BCUT2D eigenvalue weighted by molar-refractivity contribution is 0.0951. The first kappa shape index (κ1) is 21.4. The van der Waals surface area contributed by atoms with Crippen molar-refractivity contribution in [3.8, 4) is 11.5 Å².